The Morgan fingerprint density at radius 3 is 2.22 bits per heavy atom. The molecular formula is C23H30N2O2. The van der Waals surface area contributed by atoms with Crippen molar-refractivity contribution in [2.24, 2.45) is 0 Å². The number of carbonyl (C=O) groups excluding carboxylic acids is 2. The van der Waals surface area contributed by atoms with E-state index in [1.807, 2.05) is 75.4 Å². The standard InChI is InChI=1S/C23H30N2O2/c1-4-21(23(27)24-5-2)25(17-20-13-11-18(3)12-14-20)22(26)16-15-19-9-7-6-8-10-19/h6-14,21H,4-5,15-17H2,1-3H3,(H,24,27). The fraction of sp³-hybridized carbons (Fsp3) is 0.391. The molecule has 0 saturated heterocycles. The van der Waals surface area contributed by atoms with Crippen molar-refractivity contribution in [3.8, 4) is 0 Å². The van der Waals surface area contributed by atoms with E-state index < -0.39 is 6.04 Å². The Balaban J connectivity index is 2.17. The molecule has 0 bridgehead atoms. The topological polar surface area (TPSA) is 49.4 Å². The van der Waals surface area contributed by atoms with E-state index in [4.69, 9.17) is 0 Å². The molecule has 4 nitrogen and oxygen atoms in total. The number of nitrogens with zero attached hydrogens (tertiary/aromatic N) is 1. The van der Waals surface area contributed by atoms with E-state index in [1.165, 1.54) is 5.56 Å². The molecule has 0 aliphatic rings. The molecule has 27 heavy (non-hydrogen) atoms. The zero-order valence-electron chi connectivity index (χ0n) is 16.6. The van der Waals surface area contributed by atoms with Gasteiger partial charge < -0.3 is 10.2 Å². The van der Waals surface area contributed by atoms with E-state index in [9.17, 15) is 9.59 Å². The lowest BCUT2D eigenvalue weighted by Gasteiger charge is -2.30. The summed E-state index contributed by atoms with van der Waals surface area (Å²) in [7, 11) is 0. The van der Waals surface area contributed by atoms with E-state index in [0.717, 1.165) is 11.1 Å². The maximum Gasteiger partial charge on any atom is 0.242 e. The van der Waals surface area contributed by atoms with Gasteiger partial charge >= 0.3 is 0 Å². The number of nitrogens with one attached hydrogen (secondary N) is 1. The van der Waals surface area contributed by atoms with Crippen molar-refractivity contribution in [2.45, 2.75) is 52.6 Å². The number of carbonyl (C=O) groups is 2. The molecule has 0 heterocycles. The largest absolute Gasteiger partial charge is 0.355 e. The van der Waals surface area contributed by atoms with Gasteiger partial charge in [-0.2, -0.15) is 0 Å². The highest BCUT2D eigenvalue weighted by Gasteiger charge is 2.27. The van der Waals surface area contributed by atoms with Crippen LogP contribution in [0.2, 0.25) is 0 Å². The summed E-state index contributed by atoms with van der Waals surface area (Å²) >= 11 is 0. The van der Waals surface area contributed by atoms with Gasteiger partial charge in [0.2, 0.25) is 11.8 Å². The highest BCUT2D eigenvalue weighted by molar-refractivity contribution is 5.87. The number of aryl methyl sites for hydroxylation is 2. The third-order valence-corrected chi connectivity index (χ3v) is 4.68. The molecule has 1 atom stereocenters. The third kappa shape index (κ3) is 6.24. The van der Waals surface area contributed by atoms with Gasteiger partial charge in [0.15, 0.2) is 0 Å². The number of hydrogen-bond donors (Lipinski definition) is 1. The van der Waals surface area contributed by atoms with Crippen LogP contribution in [0.25, 0.3) is 0 Å². The van der Waals surface area contributed by atoms with Crippen LogP contribution in [0.3, 0.4) is 0 Å². The van der Waals surface area contributed by atoms with Gasteiger partial charge in [0.1, 0.15) is 6.04 Å². The van der Waals surface area contributed by atoms with Crippen LogP contribution in [-0.4, -0.2) is 29.3 Å². The first kappa shape index (κ1) is 20.7. The smallest absolute Gasteiger partial charge is 0.242 e. The predicted molar refractivity (Wildman–Crippen MR) is 109 cm³/mol. The van der Waals surface area contributed by atoms with Crippen LogP contribution in [0.4, 0.5) is 0 Å². The highest BCUT2D eigenvalue weighted by Crippen LogP contribution is 2.15. The van der Waals surface area contributed by atoms with Crippen LogP contribution < -0.4 is 5.32 Å². The lowest BCUT2D eigenvalue weighted by Crippen LogP contribution is -2.49. The maximum atomic E-state index is 13.0. The molecule has 0 fully saturated rings. The first-order valence-corrected chi connectivity index (χ1v) is 9.71. The summed E-state index contributed by atoms with van der Waals surface area (Å²) in [5.74, 6) is -0.0716. The minimum Gasteiger partial charge on any atom is -0.355 e. The van der Waals surface area contributed by atoms with Crippen LogP contribution in [0, 0.1) is 6.92 Å². The molecule has 0 aromatic heterocycles. The Kier molecular flexibility index (Phi) is 8.05. The molecule has 0 saturated carbocycles. The molecule has 144 valence electrons. The number of amides is 2. The minimum atomic E-state index is -0.450. The number of likely N-dealkylation sites (N-methyl/N-ethyl adjacent to an activating group) is 1. The second kappa shape index (κ2) is 10.5. The molecule has 1 N–H and O–H groups in total. The lowest BCUT2D eigenvalue weighted by atomic mass is 10.1. The van der Waals surface area contributed by atoms with Crippen LogP contribution in [0.5, 0.6) is 0 Å². The Hall–Kier alpha value is -2.62. The Morgan fingerprint density at radius 2 is 1.63 bits per heavy atom. The van der Waals surface area contributed by atoms with Gasteiger partial charge in [0.25, 0.3) is 0 Å². The lowest BCUT2D eigenvalue weighted by molar-refractivity contribution is -0.141. The van der Waals surface area contributed by atoms with Gasteiger partial charge in [0.05, 0.1) is 0 Å². The molecule has 1 unspecified atom stereocenters. The molecule has 0 spiro atoms. The van der Waals surface area contributed by atoms with Gasteiger partial charge in [-0.1, -0.05) is 67.1 Å². The summed E-state index contributed by atoms with van der Waals surface area (Å²) in [5, 5.41) is 2.87. The molecule has 0 aliphatic heterocycles. The van der Waals surface area contributed by atoms with E-state index in [-0.39, 0.29) is 11.8 Å². The zero-order chi connectivity index (χ0) is 19.6. The Labute approximate surface area is 162 Å². The monoisotopic (exact) mass is 366 g/mol. The van der Waals surface area contributed by atoms with Crippen LogP contribution in [0.1, 0.15) is 43.4 Å². The zero-order valence-corrected chi connectivity index (χ0v) is 16.6. The fourth-order valence-corrected chi connectivity index (χ4v) is 3.14. The number of hydrogen-bond acceptors (Lipinski definition) is 2. The van der Waals surface area contributed by atoms with Crippen LogP contribution >= 0.6 is 0 Å². The molecule has 2 aromatic carbocycles. The Bertz CT molecular complexity index is 726. The van der Waals surface area contributed by atoms with Crippen molar-refractivity contribution in [3.63, 3.8) is 0 Å². The molecule has 2 amide bonds. The van der Waals surface area contributed by atoms with E-state index in [0.29, 0.717) is 32.4 Å². The Morgan fingerprint density at radius 1 is 0.963 bits per heavy atom. The van der Waals surface area contributed by atoms with Crippen molar-refractivity contribution in [3.05, 3.63) is 71.3 Å². The predicted octanol–water partition coefficient (Wildman–Crippen LogP) is 3.87. The SMILES string of the molecule is CCNC(=O)C(CC)N(Cc1ccc(C)cc1)C(=O)CCc1ccccc1. The normalized spacial score (nSPS) is 11.7. The van der Waals surface area contributed by atoms with Crippen molar-refractivity contribution < 1.29 is 9.59 Å². The molecule has 4 heteroatoms. The number of benzene rings is 2. The number of rotatable bonds is 9. The summed E-state index contributed by atoms with van der Waals surface area (Å²) in [6.07, 6.45) is 1.66. The van der Waals surface area contributed by atoms with Gasteiger partial charge in [-0.25, -0.2) is 0 Å². The first-order chi connectivity index (χ1) is 13.0. The van der Waals surface area contributed by atoms with E-state index in [1.54, 1.807) is 4.90 Å². The van der Waals surface area contributed by atoms with Crippen LogP contribution in [0.15, 0.2) is 54.6 Å². The second-order valence-electron chi connectivity index (χ2n) is 6.81. The third-order valence-electron chi connectivity index (χ3n) is 4.68. The fourth-order valence-electron chi connectivity index (χ4n) is 3.14. The van der Waals surface area contributed by atoms with Crippen molar-refractivity contribution in [2.75, 3.05) is 6.54 Å². The van der Waals surface area contributed by atoms with Crippen molar-refractivity contribution in [1.82, 2.24) is 10.2 Å². The summed E-state index contributed by atoms with van der Waals surface area (Å²) < 4.78 is 0. The average Bonchev–Trinajstić information content (AvgIpc) is 2.68. The van der Waals surface area contributed by atoms with E-state index >= 15 is 0 Å². The van der Waals surface area contributed by atoms with Gasteiger partial charge in [-0.05, 0) is 37.8 Å². The summed E-state index contributed by atoms with van der Waals surface area (Å²) in [6, 6.07) is 17.7. The summed E-state index contributed by atoms with van der Waals surface area (Å²) in [6.45, 7) is 6.89. The van der Waals surface area contributed by atoms with Crippen molar-refractivity contribution in [1.29, 1.82) is 0 Å². The maximum absolute atomic E-state index is 13.0. The molecular weight excluding hydrogens is 336 g/mol. The van der Waals surface area contributed by atoms with E-state index in [2.05, 4.69) is 5.32 Å². The quantitative estimate of drug-likeness (QED) is 0.732. The first-order valence-electron chi connectivity index (χ1n) is 9.71. The molecule has 2 aromatic rings. The van der Waals surface area contributed by atoms with Crippen molar-refractivity contribution >= 4 is 11.8 Å². The van der Waals surface area contributed by atoms with Gasteiger partial charge in [-0.3, -0.25) is 9.59 Å². The summed E-state index contributed by atoms with van der Waals surface area (Å²) in [4.78, 5) is 27.3. The molecule has 2 rings (SSSR count). The summed E-state index contributed by atoms with van der Waals surface area (Å²) in [5.41, 5.74) is 3.35. The molecule has 0 radical (unpaired) electrons. The minimum absolute atomic E-state index is 0.0116. The van der Waals surface area contributed by atoms with Gasteiger partial charge in [-0.15, -0.1) is 0 Å². The van der Waals surface area contributed by atoms with Gasteiger partial charge in [0, 0.05) is 19.5 Å². The average molecular weight is 367 g/mol. The molecule has 0 aliphatic carbocycles. The van der Waals surface area contributed by atoms with Crippen LogP contribution in [-0.2, 0) is 22.6 Å². The second-order valence-corrected chi connectivity index (χ2v) is 6.81. The highest BCUT2D eigenvalue weighted by atomic mass is 16.2.